The molecule has 0 bridgehead atoms. The first-order valence-electron chi connectivity index (χ1n) is 18.9. The van der Waals surface area contributed by atoms with Crippen molar-refractivity contribution < 1.29 is 29.9 Å². The van der Waals surface area contributed by atoms with E-state index in [0.717, 1.165) is 11.1 Å². The van der Waals surface area contributed by atoms with Crippen LogP contribution in [0.15, 0.2) is 130 Å². The van der Waals surface area contributed by atoms with Crippen LogP contribution in [0, 0.1) is 10.8 Å². The molecule has 6 heteroatoms. The third kappa shape index (κ3) is 12.8. The smallest absolute Gasteiger partial charge is 0.186 e. The normalized spacial score (nSPS) is 30.0. The fraction of sp³-hybridized carbons (Fsp3) is 0.522. The molecule has 0 radical (unpaired) electrons. The first-order chi connectivity index (χ1) is 24.4. The van der Waals surface area contributed by atoms with Crippen molar-refractivity contribution in [1.29, 1.82) is 0 Å². The van der Waals surface area contributed by atoms with Crippen molar-refractivity contribution in [3.8, 4) is 0 Å². The number of hydrogen-bond acceptors (Lipinski definition) is 6. The maximum atomic E-state index is 10.4. The van der Waals surface area contributed by atoms with E-state index in [1.165, 1.54) is 52.7 Å². The second-order valence-electron chi connectivity index (χ2n) is 16.3. The van der Waals surface area contributed by atoms with E-state index in [4.69, 9.17) is 9.47 Å². The molecule has 52 heavy (non-hydrogen) atoms. The van der Waals surface area contributed by atoms with Crippen LogP contribution in [0.5, 0.6) is 0 Å². The summed E-state index contributed by atoms with van der Waals surface area (Å²) in [5.41, 5.74) is 10.2. The highest BCUT2D eigenvalue weighted by atomic mass is 16.7. The summed E-state index contributed by atoms with van der Waals surface area (Å²) in [6.45, 7) is 21.4. The van der Waals surface area contributed by atoms with E-state index in [-0.39, 0.29) is 16.9 Å². The van der Waals surface area contributed by atoms with Crippen LogP contribution >= 0.6 is 0 Å². The molecule has 6 unspecified atom stereocenters. The zero-order valence-corrected chi connectivity index (χ0v) is 33.4. The standard InChI is InChI=1S/C46H66O6/c1-31(18-13-20-33(3)23-25-38-35(5)22-15-27-45(38,7)8)16-11-12-17-32(2)19-14-21-34(4)24-26-39-36(6)28-37(29-46(39,9)10)51-44-43(50)42(49)41(48)40(30-47)52-44/h11-14,16-21,23-26,37,40-44,47-50H,15,22,27-30H2,1-10H3. The average molecular weight is 715 g/mol. The maximum absolute atomic E-state index is 10.4. The van der Waals surface area contributed by atoms with Gasteiger partial charge in [0.25, 0.3) is 0 Å². The Morgan fingerprint density at radius 1 is 0.692 bits per heavy atom. The van der Waals surface area contributed by atoms with Crippen molar-refractivity contribution in [2.75, 3.05) is 6.61 Å². The van der Waals surface area contributed by atoms with E-state index in [2.05, 4.69) is 154 Å². The highest BCUT2D eigenvalue weighted by molar-refractivity contribution is 5.39. The molecule has 0 saturated carbocycles. The summed E-state index contributed by atoms with van der Waals surface area (Å²) in [7, 11) is 0. The molecule has 0 aromatic carbocycles. The molecule has 0 aromatic rings. The number of hydrogen-bond donors (Lipinski definition) is 4. The monoisotopic (exact) mass is 714 g/mol. The minimum absolute atomic E-state index is 0.196. The van der Waals surface area contributed by atoms with Crippen molar-refractivity contribution in [1.82, 2.24) is 0 Å². The van der Waals surface area contributed by atoms with Gasteiger partial charge in [0, 0.05) is 0 Å². The second-order valence-corrected chi connectivity index (χ2v) is 16.3. The largest absolute Gasteiger partial charge is 0.394 e. The molecule has 1 aliphatic heterocycles. The summed E-state index contributed by atoms with van der Waals surface area (Å²) in [6, 6.07) is 0. The van der Waals surface area contributed by atoms with Crippen LogP contribution < -0.4 is 0 Å². The first kappa shape index (κ1) is 43.3. The Balaban J connectivity index is 1.52. The maximum Gasteiger partial charge on any atom is 0.186 e. The van der Waals surface area contributed by atoms with Gasteiger partial charge in [-0.1, -0.05) is 146 Å². The minimum atomic E-state index is -1.45. The Hall–Kier alpha value is -3.10. The molecule has 0 amide bonds. The molecule has 286 valence electrons. The Kier molecular flexibility index (Phi) is 16.5. The third-order valence-corrected chi connectivity index (χ3v) is 10.5. The Bertz CT molecular complexity index is 1560. The van der Waals surface area contributed by atoms with E-state index in [0.29, 0.717) is 12.8 Å². The Morgan fingerprint density at radius 2 is 1.19 bits per heavy atom. The molecular formula is C46H66O6. The van der Waals surface area contributed by atoms with Gasteiger partial charge in [0.1, 0.15) is 24.4 Å². The SMILES string of the molecule is CC(C=CC=C(C)C=CC1=C(C)CCCC1(C)C)=CC=CC=C(C)C=CC=C(C)C=CC1=C(C)CC(OC2OC(CO)C(O)C(O)C2O)CC1(C)C. The Morgan fingerprint density at radius 3 is 1.69 bits per heavy atom. The van der Waals surface area contributed by atoms with E-state index < -0.39 is 37.3 Å². The minimum Gasteiger partial charge on any atom is -0.394 e. The molecule has 1 fully saturated rings. The fourth-order valence-corrected chi connectivity index (χ4v) is 7.39. The van der Waals surface area contributed by atoms with Gasteiger partial charge < -0.3 is 29.9 Å². The van der Waals surface area contributed by atoms with Crippen LogP contribution in [0.2, 0.25) is 0 Å². The topological polar surface area (TPSA) is 99.4 Å². The summed E-state index contributed by atoms with van der Waals surface area (Å²) in [5, 5.41) is 40.2. The van der Waals surface area contributed by atoms with Gasteiger partial charge in [-0.25, -0.2) is 0 Å². The molecule has 4 N–H and O–H groups in total. The van der Waals surface area contributed by atoms with E-state index in [1.54, 1.807) is 0 Å². The van der Waals surface area contributed by atoms with Gasteiger partial charge >= 0.3 is 0 Å². The molecule has 3 aliphatic rings. The number of rotatable bonds is 13. The van der Waals surface area contributed by atoms with Crippen molar-refractivity contribution in [2.45, 2.75) is 138 Å². The predicted molar refractivity (Wildman–Crippen MR) is 215 cm³/mol. The van der Waals surface area contributed by atoms with Crippen LogP contribution in [0.1, 0.15) is 101 Å². The molecule has 2 aliphatic carbocycles. The van der Waals surface area contributed by atoms with E-state index >= 15 is 0 Å². The summed E-state index contributed by atoms with van der Waals surface area (Å²) < 4.78 is 11.7. The highest BCUT2D eigenvalue weighted by Gasteiger charge is 2.45. The molecule has 0 spiro atoms. The lowest BCUT2D eigenvalue weighted by Crippen LogP contribution is -2.59. The second kappa shape index (κ2) is 19.8. The van der Waals surface area contributed by atoms with Gasteiger partial charge in [-0.2, -0.15) is 0 Å². The van der Waals surface area contributed by atoms with Gasteiger partial charge in [-0.05, 0) is 95.6 Å². The molecule has 1 heterocycles. The van der Waals surface area contributed by atoms with Crippen molar-refractivity contribution >= 4 is 0 Å². The zero-order valence-electron chi connectivity index (χ0n) is 33.4. The van der Waals surface area contributed by atoms with Crippen LogP contribution in [-0.4, -0.2) is 63.8 Å². The third-order valence-electron chi connectivity index (χ3n) is 10.5. The lowest BCUT2D eigenvalue weighted by molar-refractivity contribution is -0.313. The molecule has 3 rings (SSSR count). The average Bonchev–Trinajstić information content (AvgIpc) is 3.05. The molecular weight excluding hydrogens is 649 g/mol. The number of aliphatic hydroxyl groups is 4. The molecule has 6 atom stereocenters. The van der Waals surface area contributed by atoms with E-state index in [1.807, 2.05) is 0 Å². The zero-order chi connectivity index (χ0) is 38.6. The lowest BCUT2D eigenvalue weighted by atomic mass is 9.71. The predicted octanol–water partition coefficient (Wildman–Crippen LogP) is 9.40. The van der Waals surface area contributed by atoms with Gasteiger partial charge in [-0.3, -0.25) is 0 Å². The van der Waals surface area contributed by atoms with Crippen LogP contribution in [0.25, 0.3) is 0 Å². The molecule has 1 saturated heterocycles. The van der Waals surface area contributed by atoms with Crippen molar-refractivity contribution in [3.63, 3.8) is 0 Å². The van der Waals surface area contributed by atoms with Crippen LogP contribution in [0.3, 0.4) is 0 Å². The number of aliphatic hydroxyl groups excluding tert-OH is 4. The van der Waals surface area contributed by atoms with Crippen molar-refractivity contribution in [3.05, 3.63) is 130 Å². The van der Waals surface area contributed by atoms with Gasteiger partial charge in [0.2, 0.25) is 0 Å². The summed E-state index contributed by atoms with van der Waals surface area (Å²) in [6.07, 6.45) is 28.4. The molecule has 0 aromatic heterocycles. The lowest BCUT2D eigenvalue weighted by Gasteiger charge is -2.43. The van der Waals surface area contributed by atoms with Gasteiger partial charge in [0.15, 0.2) is 6.29 Å². The quantitative estimate of drug-likeness (QED) is 0.142. The van der Waals surface area contributed by atoms with Crippen LogP contribution in [-0.2, 0) is 9.47 Å². The molecule has 6 nitrogen and oxygen atoms in total. The summed E-state index contributed by atoms with van der Waals surface area (Å²) in [5.74, 6) is 0. The first-order valence-corrected chi connectivity index (χ1v) is 18.9. The number of allylic oxidation sites excluding steroid dienone is 21. The van der Waals surface area contributed by atoms with Crippen molar-refractivity contribution in [2.24, 2.45) is 10.8 Å². The van der Waals surface area contributed by atoms with Crippen LogP contribution in [0.4, 0.5) is 0 Å². The Labute approximate surface area is 314 Å². The summed E-state index contributed by atoms with van der Waals surface area (Å²) in [4.78, 5) is 0. The summed E-state index contributed by atoms with van der Waals surface area (Å²) >= 11 is 0. The van der Waals surface area contributed by atoms with Gasteiger partial charge in [-0.15, -0.1) is 0 Å². The van der Waals surface area contributed by atoms with Gasteiger partial charge in [0.05, 0.1) is 12.7 Å². The van der Waals surface area contributed by atoms with E-state index in [9.17, 15) is 20.4 Å². The number of ether oxygens (including phenoxy) is 2. The fourth-order valence-electron chi connectivity index (χ4n) is 7.39. The highest BCUT2D eigenvalue weighted by Crippen LogP contribution is 2.43.